The molecule has 0 radical (unpaired) electrons. The molecule has 184 valence electrons. The number of hydrogen-bond donors (Lipinski definition) is 4. The van der Waals surface area contributed by atoms with Crippen LogP contribution in [0.25, 0.3) is 11.4 Å². The fourth-order valence-corrected chi connectivity index (χ4v) is 4.12. The van der Waals surface area contributed by atoms with Crippen molar-refractivity contribution in [2.45, 2.75) is 4.90 Å². The molecule has 0 spiro atoms. The predicted octanol–water partition coefficient (Wildman–Crippen LogP) is 3.06. The number of benzene rings is 1. The van der Waals surface area contributed by atoms with Crippen molar-refractivity contribution >= 4 is 40.8 Å². The average Bonchev–Trinajstić information content (AvgIpc) is 2.88. The molecule has 1 aliphatic heterocycles. The number of piperazine rings is 1. The summed E-state index contributed by atoms with van der Waals surface area (Å²) in [6.07, 6.45) is 5.50. The number of carbonyl (C=O) groups excluding carboxylic acids is 1. The van der Waals surface area contributed by atoms with Crippen LogP contribution in [0.4, 0.5) is 27.8 Å². The first-order valence-corrected chi connectivity index (χ1v) is 12.6. The minimum Gasteiger partial charge on any atom is -0.395 e. The van der Waals surface area contributed by atoms with Gasteiger partial charge in [-0.1, -0.05) is 0 Å². The highest BCUT2D eigenvalue weighted by Gasteiger charge is 2.15. The Hall–Kier alpha value is -3.41. The average molecular weight is 495 g/mol. The molecule has 1 aromatic carbocycles. The summed E-state index contributed by atoms with van der Waals surface area (Å²) < 4.78 is 0. The van der Waals surface area contributed by atoms with Crippen molar-refractivity contribution in [1.82, 2.24) is 19.9 Å². The zero-order valence-corrected chi connectivity index (χ0v) is 20.7. The zero-order valence-electron chi connectivity index (χ0n) is 19.9. The minimum atomic E-state index is -0.367. The second-order valence-electron chi connectivity index (χ2n) is 8.11. The number of pyridine rings is 1. The highest BCUT2D eigenvalue weighted by molar-refractivity contribution is 7.98. The van der Waals surface area contributed by atoms with E-state index in [4.69, 9.17) is 5.11 Å². The molecular weight excluding hydrogens is 464 g/mol. The Morgan fingerprint density at radius 2 is 1.80 bits per heavy atom. The maximum Gasteiger partial charge on any atom is 0.324 e. The Labute approximate surface area is 209 Å². The Bertz CT molecular complexity index is 1120. The van der Waals surface area contributed by atoms with Gasteiger partial charge in [0.05, 0.1) is 23.4 Å². The van der Waals surface area contributed by atoms with Gasteiger partial charge in [0.15, 0.2) is 5.82 Å². The predicted molar refractivity (Wildman–Crippen MR) is 141 cm³/mol. The van der Waals surface area contributed by atoms with E-state index in [1.54, 1.807) is 24.5 Å². The molecule has 3 heterocycles. The van der Waals surface area contributed by atoms with Gasteiger partial charge in [0.2, 0.25) is 0 Å². The minimum absolute atomic E-state index is 0.0194. The third kappa shape index (κ3) is 6.59. The molecule has 0 saturated carbocycles. The van der Waals surface area contributed by atoms with Gasteiger partial charge in [-0.3, -0.25) is 5.32 Å². The van der Waals surface area contributed by atoms with Crippen LogP contribution in [0.2, 0.25) is 0 Å². The van der Waals surface area contributed by atoms with E-state index in [2.05, 4.69) is 47.7 Å². The van der Waals surface area contributed by atoms with E-state index in [0.29, 0.717) is 29.7 Å². The number of aromatic nitrogens is 3. The molecule has 2 aromatic heterocycles. The molecule has 0 aliphatic carbocycles. The maximum absolute atomic E-state index is 12.4. The number of nitrogens with zero attached hydrogens (tertiary/aromatic N) is 5. The van der Waals surface area contributed by atoms with E-state index >= 15 is 0 Å². The van der Waals surface area contributed by atoms with Crippen molar-refractivity contribution in [1.29, 1.82) is 0 Å². The second-order valence-corrected chi connectivity index (χ2v) is 8.96. The normalized spacial score (nSPS) is 14.0. The molecule has 0 unspecified atom stereocenters. The van der Waals surface area contributed by atoms with Crippen LogP contribution in [0.3, 0.4) is 0 Å². The number of amides is 2. The van der Waals surface area contributed by atoms with Crippen molar-refractivity contribution in [3.05, 3.63) is 48.8 Å². The molecule has 2 amide bonds. The van der Waals surface area contributed by atoms with Crippen LogP contribution in [0.5, 0.6) is 0 Å². The number of rotatable bonds is 8. The van der Waals surface area contributed by atoms with Crippen LogP contribution >= 0.6 is 11.8 Å². The smallest absolute Gasteiger partial charge is 0.324 e. The van der Waals surface area contributed by atoms with Crippen LogP contribution in [0, 0.1) is 0 Å². The molecule has 11 heteroatoms. The summed E-state index contributed by atoms with van der Waals surface area (Å²) in [6, 6.07) is 10.7. The van der Waals surface area contributed by atoms with Crippen molar-refractivity contribution in [3.63, 3.8) is 0 Å². The Morgan fingerprint density at radius 1 is 1.03 bits per heavy atom. The van der Waals surface area contributed by atoms with Gasteiger partial charge in [0.1, 0.15) is 11.6 Å². The summed E-state index contributed by atoms with van der Waals surface area (Å²) in [5.74, 6) is 1.73. The van der Waals surface area contributed by atoms with Gasteiger partial charge < -0.3 is 25.5 Å². The lowest BCUT2D eigenvalue weighted by Crippen LogP contribution is -2.44. The van der Waals surface area contributed by atoms with Crippen molar-refractivity contribution in [2.24, 2.45) is 0 Å². The van der Waals surface area contributed by atoms with Gasteiger partial charge in [-0.2, -0.15) is 0 Å². The molecule has 10 nitrogen and oxygen atoms in total. The first kappa shape index (κ1) is 24.7. The number of likely N-dealkylation sites (N-methyl/N-ethyl adjacent to an activating group) is 1. The van der Waals surface area contributed by atoms with Gasteiger partial charge in [-0.05, 0) is 49.7 Å². The fraction of sp³-hybridized carbons (Fsp3) is 0.333. The van der Waals surface area contributed by atoms with Crippen LogP contribution in [-0.2, 0) is 0 Å². The number of thioether (sulfide) groups is 1. The Morgan fingerprint density at radius 3 is 2.46 bits per heavy atom. The summed E-state index contributed by atoms with van der Waals surface area (Å²) in [6.45, 7) is 4.42. The number of aliphatic hydroxyl groups is 1. The van der Waals surface area contributed by atoms with Gasteiger partial charge in [0, 0.05) is 50.2 Å². The highest BCUT2D eigenvalue weighted by atomic mass is 32.2. The largest absolute Gasteiger partial charge is 0.395 e. The number of hydrogen-bond acceptors (Lipinski definition) is 9. The van der Waals surface area contributed by atoms with Crippen LogP contribution in [0.1, 0.15) is 0 Å². The summed E-state index contributed by atoms with van der Waals surface area (Å²) >= 11 is 1.53. The van der Waals surface area contributed by atoms with Gasteiger partial charge in [-0.15, -0.1) is 11.8 Å². The molecule has 4 rings (SSSR count). The molecule has 35 heavy (non-hydrogen) atoms. The SMILES string of the molecule is CSc1cnc(-c2ccc(NC(=O)Nc3ccc(N4CCN(C)CC4)cn3)cc2)nc1NCCO. The standard InChI is InChI=1S/C24H30N8O2S/c1-31-10-12-32(13-11-31)19-7-8-21(26-15-19)29-24(34)28-18-5-3-17(4-6-18)22-27-16-20(35-2)23(30-22)25-9-14-33/h3-8,15-16,33H,9-14H2,1-2H3,(H,25,27,30)(H2,26,28,29,34). The maximum atomic E-state index is 12.4. The summed E-state index contributed by atoms with van der Waals surface area (Å²) in [5.41, 5.74) is 2.51. The summed E-state index contributed by atoms with van der Waals surface area (Å²) in [5, 5.41) is 17.8. The zero-order chi connectivity index (χ0) is 24.6. The quantitative estimate of drug-likeness (QED) is 0.350. The molecule has 4 N–H and O–H groups in total. The second kappa shape index (κ2) is 11.8. The van der Waals surface area contributed by atoms with Crippen LogP contribution in [0.15, 0.2) is 53.7 Å². The molecule has 0 atom stereocenters. The van der Waals surface area contributed by atoms with E-state index < -0.39 is 0 Å². The Kier molecular flexibility index (Phi) is 8.35. The molecule has 1 aliphatic rings. The van der Waals surface area contributed by atoms with Crippen molar-refractivity contribution in [2.75, 3.05) is 73.5 Å². The van der Waals surface area contributed by atoms with Crippen LogP contribution in [-0.4, -0.2) is 83.6 Å². The monoisotopic (exact) mass is 494 g/mol. The molecule has 3 aromatic rings. The number of anilines is 4. The van der Waals surface area contributed by atoms with E-state index in [9.17, 15) is 4.79 Å². The third-order valence-corrected chi connectivity index (χ3v) is 6.38. The lowest BCUT2D eigenvalue weighted by atomic mass is 10.2. The number of urea groups is 1. The van der Waals surface area contributed by atoms with E-state index in [0.717, 1.165) is 42.3 Å². The summed E-state index contributed by atoms with van der Waals surface area (Å²) in [4.78, 5) is 31.3. The number of nitrogens with one attached hydrogen (secondary N) is 3. The van der Waals surface area contributed by atoms with E-state index in [-0.39, 0.29) is 12.6 Å². The molecule has 0 bridgehead atoms. The van der Waals surface area contributed by atoms with Gasteiger partial charge >= 0.3 is 6.03 Å². The fourth-order valence-electron chi connectivity index (χ4n) is 3.65. The molecule has 1 fully saturated rings. The van der Waals surface area contributed by atoms with E-state index in [1.807, 2.05) is 30.5 Å². The molecule has 1 saturated heterocycles. The first-order valence-electron chi connectivity index (χ1n) is 11.4. The molecular formula is C24H30N8O2S. The first-order chi connectivity index (χ1) is 17.1. The number of carbonyl (C=O) groups is 1. The van der Waals surface area contributed by atoms with Gasteiger partial charge in [-0.25, -0.2) is 19.7 Å². The topological polar surface area (TPSA) is 119 Å². The summed E-state index contributed by atoms with van der Waals surface area (Å²) in [7, 11) is 2.12. The highest BCUT2D eigenvalue weighted by Crippen LogP contribution is 2.26. The third-order valence-electron chi connectivity index (χ3n) is 5.64. The van der Waals surface area contributed by atoms with Crippen LogP contribution < -0.4 is 20.9 Å². The Balaban J connectivity index is 1.34. The lowest BCUT2D eigenvalue weighted by molar-refractivity contribution is 0.262. The number of aliphatic hydroxyl groups excluding tert-OH is 1. The lowest BCUT2D eigenvalue weighted by Gasteiger charge is -2.33. The van der Waals surface area contributed by atoms with E-state index in [1.165, 1.54) is 11.8 Å². The van der Waals surface area contributed by atoms with Crippen molar-refractivity contribution in [3.8, 4) is 11.4 Å². The van der Waals surface area contributed by atoms with Gasteiger partial charge in [0.25, 0.3) is 0 Å². The van der Waals surface area contributed by atoms with Crippen molar-refractivity contribution < 1.29 is 9.90 Å².